The highest BCUT2D eigenvalue weighted by Crippen LogP contribution is 2.22. The van der Waals surface area contributed by atoms with Gasteiger partial charge in [0.1, 0.15) is 5.82 Å². The molecule has 0 fully saturated rings. The molecule has 0 unspecified atom stereocenters. The Labute approximate surface area is 105 Å². The summed E-state index contributed by atoms with van der Waals surface area (Å²) in [7, 11) is 0. The van der Waals surface area contributed by atoms with Gasteiger partial charge in [-0.15, -0.1) is 0 Å². The molecule has 0 spiro atoms. The fraction of sp³-hybridized carbons (Fsp3) is 0.417. The lowest BCUT2D eigenvalue weighted by atomic mass is 10.2. The van der Waals surface area contributed by atoms with Crippen molar-refractivity contribution < 1.29 is 13.6 Å². The molecule has 6 heteroatoms. The molecule has 0 heterocycles. The summed E-state index contributed by atoms with van der Waals surface area (Å²) < 4.78 is 26.1. The maximum absolute atomic E-state index is 13.1. The molecule has 4 N–H and O–H groups in total. The molecule has 4 nitrogen and oxygen atoms in total. The van der Waals surface area contributed by atoms with Crippen LogP contribution in [0.15, 0.2) is 12.1 Å². The number of nitrogen functional groups attached to an aromatic ring is 1. The first-order valence-electron chi connectivity index (χ1n) is 5.65. The first-order valence-corrected chi connectivity index (χ1v) is 5.65. The molecule has 1 amide bonds. The summed E-state index contributed by atoms with van der Waals surface area (Å²) in [4.78, 5) is 11.4. The number of nitrogens with one attached hydrogen (secondary N) is 2. The van der Waals surface area contributed by atoms with E-state index < -0.39 is 11.6 Å². The number of carbonyl (C=O) groups is 1. The minimum Gasteiger partial charge on any atom is -0.395 e. The van der Waals surface area contributed by atoms with Crippen LogP contribution in [-0.4, -0.2) is 19.0 Å². The zero-order valence-corrected chi connectivity index (χ0v) is 10.4. The monoisotopic (exact) mass is 257 g/mol. The van der Waals surface area contributed by atoms with Gasteiger partial charge in [-0.3, -0.25) is 4.79 Å². The Morgan fingerprint density at radius 1 is 1.39 bits per heavy atom. The van der Waals surface area contributed by atoms with Gasteiger partial charge in [-0.05, 0) is 12.0 Å². The molecule has 0 saturated carbocycles. The van der Waals surface area contributed by atoms with Gasteiger partial charge in [0.25, 0.3) is 0 Å². The van der Waals surface area contributed by atoms with Crippen LogP contribution in [0.4, 0.5) is 20.2 Å². The lowest BCUT2D eigenvalue weighted by Crippen LogP contribution is -2.32. The Balaban J connectivity index is 2.56. The average Bonchev–Trinajstić information content (AvgIpc) is 2.29. The van der Waals surface area contributed by atoms with E-state index in [9.17, 15) is 13.6 Å². The summed E-state index contributed by atoms with van der Waals surface area (Å²) in [6, 6.07) is 1.74. The maximum atomic E-state index is 13.1. The summed E-state index contributed by atoms with van der Waals surface area (Å²) in [5.41, 5.74) is 5.30. The number of hydrogen-bond acceptors (Lipinski definition) is 3. The van der Waals surface area contributed by atoms with Crippen molar-refractivity contribution in [2.24, 2.45) is 5.92 Å². The Bertz CT molecular complexity index is 436. The van der Waals surface area contributed by atoms with E-state index in [2.05, 4.69) is 10.6 Å². The predicted molar refractivity (Wildman–Crippen MR) is 67.1 cm³/mol. The first-order chi connectivity index (χ1) is 8.40. The molecule has 18 heavy (non-hydrogen) atoms. The molecule has 0 aliphatic carbocycles. The second kappa shape index (κ2) is 6.18. The van der Waals surface area contributed by atoms with Crippen LogP contribution in [0.1, 0.15) is 13.8 Å². The molecular weight excluding hydrogens is 240 g/mol. The molecule has 0 radical (unpaired) electrons. The Morgan fingerprint density at radius 3 is 2.67 bits per heavy atom. The topological polar surface area (TPSA) is 67.2 Å². The van der Waals surface area contributed by atoms with E-state index in [-0.39, 0.29) is 23.8 Å². The summed E-state index contributed by atoms with van der Waals surface area (Å²) in [5.74, 6) is -1.51. The van der Waals surface area contributed by atoms with Gasteiger partial charge in [0.05, 0.1) is 17.9 Å². The largest absolute Gasteiger partial charge is 0.395 e. The van der Waals surface area contributed by atoms with E-state index in [1.165, 1.54) is 0 Å². The third-order valence-electron chi connectivity index (χ3n) is 2.24. The molecule has 0 aliphatic rings. The lowest BCUT2D eigenvalue weighted by Gasteiger charge is -2.11. The Kier molecular flexibility index (Phi) is 4.88. The Hall–Kier alpha value is -1.85. The maximum Gasteiger partial charge on any atom is 0.239 e. The lowest BCUT2D eigenvalue weighted by molar-refractivity contribution is -0.119. The fourth-order valence-electron chi connectivity index (χ4n) is 1.29. The highest BCUT2D eigenvalue weighted by Gasteiger charge is 2.09. The molecular formula is C12H17F2N3O. The molecule has 1 aromatic rings. The van der Waals surface area contributed by atoms with Gasteiger partial charge >= 0.3 is 0 Å². The number of halogens is 2. The summed E-state index contributed by atoms with van der Waals surface area (Å²) in [6.07, 6.45) is 0. The molecule has 0 saturated heterocycles. The fourth-order valence-corrected chi connectivity index (χ4v) is 1.29. The van der Waals surface area contributed by atoms with Crippen molar-refractivity contribution in [2.45, 2.75) is 13.8 Å². The standard InChI is InChI=1S/C12H17F2N3O/c1-7(2)5-17-11(18)6-16-10-4-8(13)3-9(14)12(10)15/h3-4,7,16H,5-6,15H2,1-2H3,(H,17,18). The number of nitrogens with two attached hydrogens (primary N) is 1. The molecule has 0 atom stereocenters. The molecule has 0 aliphatic heterocycles. The number of anilines is 2. The van der Waals surface area contributed by atoms with Gasteiger partial charge in [0.15, 0.2) is 5.82 Å². The number of rotatable bonds is 5. The molecule has 1 rings (SSSR count). The Morgan fingerprint density at radius 2 is 2.06 bits per heavy atom. The zero-order chi connectivity index (χ0) is 13.7. The normalized spacial score (nSPS) is 10.5. The van der Waals surface area contributed by atoms with E-state index in [4.69, 9.17) is 5.73 Å². The first kappa shape index (κ1) is 14.2. The van der Waals surface area contributed by atoms with Crippen molar-refractivity contribution in [2.75, 3.05) is 24.1 Å². The zero-order valence-electron chi connectivity index (χ0n) is 10.4. The molecule has 1 aromatic carbocycles. The van der Waals surface area contributed by atoms with Gasteiger partial charge in [-0.1, -0.05) is 13.8 Å². The molecule has 100 valence electrons. The van der Waals surface area contributed by atoms with Crippen molar-refractivity contribution in [1.29, 1.82) is 0 Å². The van der Waals surface area contributed by atoms with Crippen LogP contribution in [0.5, 0.6) is 0 Å². The second-order valence-corrected chi connectivity index (χ2v) is 4.40. The molecule has 0 bridgehead atoms. The van der Waals surface area contributed by atoms with Crippen molar-refractivity contribution in [3.63, 3.8) is 0 Å². The van der Waals surface area contributed by atoms with E-state index >= 15 is 0 Å². The van der Waals surface area contributed by atoms with Crippen LogP contribution in [-0.2, 0) is 4.79 Å². The van der Waals surface area contributed by atoms with Crippen molar-refractivity contribution in [3.05, 3.63) is 23.8 Å². The quantitative estimate of drug-likeness (QED) is 0.704. The van der Waals surface area contributed by atoms with E-state index in [1.807, 2.05) is 13.8 Å². The minimum atomic E-state index is -0.847. The highest BCUT2D eigenvalue weighted by molar-refractivity contribution is 5.82. The van der Waals surface area contributed by atoms with Crippen molar-refractivity contribution in [3.8, 4) is 0 Å². The third-order valence-corrected chi connectivity index (χ3v) is 2.24. The van der Waals surface area contributed by atoms with Crippen LogP contribution >= 0.6 is 0 Å². The van der Waals surface area contributed by atoms with Gasteiger partial charge in [0, 0.05) is 12.6 Å². The van der Waals surface area contributed by atoms with Gasteiger partial charge in [0.2, 0.25) is 5.91 Å². The minimum absolute atomic E-state index is 0.0761. The summed E-state index contributed by atoms with van der Waals surface area (Å²) >= 11 is 0. The van der Waals surface area contributed by atoms with Crippen LogP contribution in [0.2, 0.25) is 0 Å². The van der Waals surface area contributed by atoms with Crippen LogP contribution in [0, 0.1) is 17.6 Å². The van der Waals surface area contributed by atoms with Crippen LogP contribution in [0.25, 0.3) is 0 Å². The SMILES string of the molecule is CC(C)CNC(=O)CNc1cc(F)cc(F)c1N. The second-order valence-electron chi connectivity index (χ2n) is 4.40. The van der Waals surface area contributed by atoms with Gasteiger partial charge in [-0.2, -0.15) is 0 Å². The third kappa shape index (κ3) is 4.20. The summed E-state index contributed by atoms with van der Waals surface area (Å²) in [6.45, 7) is 4.40. The smallest absolute Gasteiger partial charge is 0.239 e. The number of carbonyl (C=O) groups excluding carboxylic acids is 1. The van der Waals surface area contributed by atoms with Gasteiger partial charge < -0.3 is 16.4 Å². The van der Waals surface area contributed by atoms with E-state index in [0.29, 0.717) is 18.5 Å². The number of amides is 1. The van der Waals surface area contributed by atoms with Gasteiger partial charge in [-0.25, -0.2) is 8.78 Å². The van der Waals surface area contributed by atoms with Crippen LogP contribution in [0.3, 0.4) is 0 Å². The highest BCUT2D eigenvalue weighted by atomic mass is 19.1. The molecule has 0 aromatic heterocycles. The average molecular weight is 257 g/mol. The van der Waals surface area contributed by atoms with Crippen LogP contribution < -0.4 is 16.4 Å². The van der Waals surface area contributed by atoms with Crippen molar-refractivity contribution in [1.82, 2.24) is 5.32 Å². The van der Waals surface area contributed by atoms with E-state index in [0.717, 1.165) is 6.07 Å². The number of benzene rings is 1. The van der Waals surface area contributed by atoms with E-state index in [1.54, 1.807) is 0 Å². The predicted octanol–water partition coefficient (Wildman–Crippen LogP) is 1.73. The van der Waals surface area contributed by atoms with Crippen molar-refractivity contribution >= 4 is 17.3 Å². The number of hydrogen-bond donors (Lipinski definition) is 3. The summed E-state index contributed by atoms with van der Waals surface area (Å²) in [5, 5.41) is 5.27.